The molecule has 0 atom stereocenters. The van der Waals surface area contributed by atoms with Crippen molar-refractivity contribution in [3.05, 3.63) is 22.3 Å². The molecule has 0 bridgehead atoms. The van der Waals surface area contributed by atoms with Crippen LogP contribution in [0.2, 0.25) is 0 Å². The van der Waals surface area contributed by atoms with Crippen LogP contribution >= 0.6 is 0 Å². The first kappa shape index (κ1) is 14.4. The molecule has 20 heavy (non-hydrogen) atoms. The summed E-state index contributed by atoms with van der Waals surface area (Å²) in [6.45, 7) is 0. The third kappa shape index (κ3) is 3.77. The molecule has 0 N–H and O–H groups in total. The molecule has 0 aliphatic heterocycles. The molecule has 3 rings (SSSR count). The van der Waals surface area contributed by atoms with Crippen molar-refractivity contribution in [1.82, 2.24) is 0 Å². The van der Waals surface area contributed by atoms with Gasteiger partial charge in [-0.3, -0.25) is 0 Å². The number of hydrogen-bond acceptors (Lipinski definition) is 0. The number of allylic oxidation sites excluding steroid dienone is 4. The van der Waals surface area contributed by atoms with E-state index in [-0.39, 0.29) is 0 Å². The molecule has 3 aliphatic carbocycles. The fourth-order valence-electron chi connectivity index (χ4n) is 4.58. The first-order valence-electron chi connectivity index (χ1n) is 9.33. The van der Waals surface area contributed by atoms with E-state index in [1.54, 1.807) is 0 Å². The van der Waals surface area contributed by atoms with E-state index in [4.69, 9.17) is 0 Å². The molecule has 0 fully saturated rings. The molecule has 3 aliphatic rings. The van der Waals surface area contributed by atoms with Crippen molar-refractivity contribution in [2.24, 2.45) is 0 Å². The van der Waals surface area contributed by atoms with Gasteiger partial charge in [0.25, 0.3) is 0 Å². The van der Waals surface area contributed by atoms with E-state index in [0.29, 0.717) is 0 Å². The fraction of sp³-hybridized carbons (Fsp3) is 0.800. The maximum absolute atomic E-state index is 1.89. The number of hydrogen-bond donors (Lipinski definition) is 0. The monoisotopic (exact) mass is 272 g/mol. The van der Waals surface area contributed by atoms with E-state index in [1.807, 2.05) is 22.3 Å². The van der Waals surface area contributed by atoms with Crippen LogP contribution in [0.15, 0.2) is 22.3 Å². The van der Waals surface area contributed by atoms with Crippen LogP contribution in [-0.2, 0) is 0 Å². The van der Waals surface area contributed by atoms with Crippen molar-refractivity contribution in [3.63, 3.8) is 0 Å². The Morgan fingerprint density at radius 3 is 0.750 bits per heavy atom. The average molecular weight is 272 g/mol. The summed E-state index contributed by atoms with van der Waals surface area (Å²) in [5.74, 6) is 0. The molecule has 0 heteroatoms. The largest absolute Gasteiger partial charge is 0.0707 e. The molecule has 0 heterocycles. The molecule has 0 nitrogen and oxygen atoms in total. The van der Waals surface area contributed by atoms with Gasteiger partial charge in [-0.25, -0.2) is 0 Å². The van der Waals surface area contributed by atoms with Gasteiger partial charge in [0.15, 0.2) is 0 Å². The van der Waals surface area contributed by atoms with Gasteiger partial charge in [0, 0.05) is 0 Å². The maximum atomic E-state index is 1.89. The van der Waals surface area contributed by atoms with Gasteiger partial charge in [-0.05, 0) is 77.0 Å². The van der Waals surface area contributed by atoms with Crippen LogP contribution in [0, 0.1) is 0 Å². The lowest BCUT2D eigenvalue weighted by molar-refractivity contribution is 0.555. The zero-order chi connectivity index (χ0) is 13.6. The molecule has 0 saturated heterocycles. The third-order valence-electron chi connectivity index (χ3n) is 5.87. The smallest absolute Gasteiger partial charge is 0.0280 e. The molecule has 112 valence electrons. The van der Waals surface area contributed by atoms with E-state index >= 15 is 0 Å². The third-order valence-corrected chi connectivity index (χ3v) is 5.87. The summed E-state index contributed by atoms with van der Waals surface area (Å²) in [4.78, 5) is 0. The van der Waals surface area contributed by atoms with E-state index in [2.05, 4.69) is 0 Å². The Labute approximate surface area is 125 Å². The normalized spacial score (nSPS) is 33.6. The molecular weight excluding hydrogens is 240 g/mol. The molecule has 0 aromatic carbocycles. The molecule has 0 unspecified atom stereocenters. The van der Waals surface area contributed by atoms with Crippen molar-refractivity contribution in [1.29, 1.82) is 0 Å². The molecule has 0 radical (unpaired) electrons. The van der Waals surface area contributed by atoms with E-state index in [1.165, 1.54) is 103 Å². The first-order valence-corrected chi connectivity index (χ1v) is 9.33. The molecule has 0 aromatic heterocycles. The summed E-state index contributed by atoms with van der Waals surface area (Å²) in [6, 6.07) is 0. The van der Waals surface area contributed by atoms with Crippen molar-refractivity contribution in [2.45, 2.75) is 103 Å². The highest BCUT2D eigenvalue weighted by atomic mass is 14.2. The fourth-order valence-corrected chi connectivity index (χ4v) is 4.58. The Morgan fingerprint density at radius 1 is 0.250 bits per heavy atom. The van der Waals surface area contributed by atoms with Crippen LogP contribution in [0.5, 0.6) is 0 Å². The van der Waals surface area contributed by atoms with Crippen LogP contribution in [0.25, 0.3) is 0 Å². The topological polar surface area (TPSA) is 0 Å². The second-order valence-electron chi connectivity index (χ2n) is 7.24. The van der Waals surface area contributed by atoms with Crippen LogP contribution in [0.1, 0.15) is 103 Å². The minimum absolute atomic E-state index is 1.41. The minimum atomic E-state index is 1.41. The second kappa shape index (κ2) is 7.48. The Morgan fingerprint density at radius 2 is 0.500 bits per heavy atom. The van der Waals surface area contributed by atoms with Crippen molar-refractivity contribution in [3.8, 4) is 0 Å². The van der Waals surface area contributed by atoms with Crippen LogP contribution in [0.3, 0.4) is 0 Å². The summed E-state index contributed by atoms with van der Waals surface area (Å²) in [5.41, 5.74) is 7.55. The van der Waals surface area contributed by atoms with E-state index < -0.39 is 0 Å². The summed E-state index contributed by atoms with van der Waals surface area (Å²) in [6.07, 6.45) is 23.1. The van der Waals surface area contributed by atoms with Crippen molar-refractivity contribution >= 4 is 0 Å². The van der Waals surface area contributed by atoms with E-state index in [9.17, 15) is 0 Å². The Kier molecular flexibility index (Phi) is 5.39. The van der Waals surface area contributed by atoms with E-state index in [0.717, 1.165) is 0 Å². The van der Waals surface area contributed by atoms with Gasteiger partial charge in [0.05, 0.1) is 0 Å². The van der Waals surface area contributed by atoms with Gasteiger partial charge in [0.2, 0.25) is 0 Å². The highest BCUT2D eigenvalue weighted by Crippen LogP contribution is 2.37. The summed E-state index contributed by atoms with van der Waals surface area (Å²) in [7, 11) is 0. The lowest BCUT2D eigenvalue weighted by Crippen LogP contribution is -2.06. The standard InChI is InChI=1S/C20H32/c1-2-6-10-18-15-16-20-12-8-4-3-7-11-19(20)14-13-17(18)9-5-1/h1-16H2/b18-17-,20-19-. The maximum Gasteiger partial charge on any atom is -0.0280 e. The van der Waals surface area contributed by atoms with Crippen LogP contribution in [-0.4, -0.2) is 0 Å². The lowest BCUT2D eigenvalue weighted by Gasteiger charge is -2.26. The summed E-state index contributed by atoms with van der Waals surface area (Å²) >= 11 is 0. The Balaban J connectivity index is 1.73. The quantitative estimate of drug-likeness (QED) is 0.422. The van der Waals surface area contributed by atoms with Crippen LogP contribution in [0.4, 0.5) is 0 Å². The Bertz CT molecular complexity index is 309. The molecule has 0 spiro atoms. The second-order valence-corrected chi connectivity index (χ2v) is 7.24. The zero-order valence-electron chi connectivity index (χ0n) is 13.3. The van der Waals surface area contributed by atoms with Gasteiger partial charge in [-0.2, -0.15) is 0 Å². The highest BCUT2D eigenvalue weighted by Gasteiger charge is 2.17. The molecule has 0 amide bonds. The predicted octanol–water partition coefficient (Wildman–Crippen LogP) is 6.86. The van der Waals surface area contributed by atoms with Crippen LogP contribution < -0.4 is 0 Å². The summed E-state index contributed by atoms with van der Waals surface area (Å²) in [5, 5.41) is 0. The van der Waals surface area contributed by atoms with Gasteiger partial charge in [-0.1, -0.05) is 48.0 Å². The summed E-state index contributed by atoms with van der Waals surface area (Å²) < 4.78 is 0. The molecule has 0 saturated carbocycles. The molecule has 0 aromatic rings. The van der Waals surface area contributed by atoms with Gasteiger partial charge in [-0.15, -0.1) is 0 Å². The van der Waals surface area contributed by atoms with Gasteiger partial charge in [0.1, 0.15) is 0 Å². The Hall–Kier alpha value is -0.520. The first-order chi connectivity index (χ1) is 9.93. The predicted molar refractivity (Wildman–Crippen MR) is 87.9 cm³/mol. The average Bonchev–Trinajstić information content (AvgIpc) is 2.39. The van der Waals surface area contributed by atoms with Crippen molar-refractivity contribution < 1.29 is 0 Å². The highest BCUT2D eigenvalue weighted by molar-refractivity contribution is 5.25. The minimum Gasteiger partial charge on any atom is -0.0707 e. The lowest BCUT2D eigenvalue weighted by atomic mass is 9.80. The molecular formula is C20H32. The zero-order valence-corrected chi connectivity index (χ0v) is 13.3. The van der Waals surface area contributed by atoms with Gasteiger partial charge >= 0.3 is 0 Å². The van der Waals surface area contributed by atoms with Crippen molar-refractivity contribution in [2.75, 3.05) is 0 Å². The SMILES string of the molecule is C1CCC/C2=C(\CC1)CC/C1=C(/CCCCCC1)CC2. The number of rotatable bonds is 0. The van der Waals surface area contributed by atoms with Gasteiger partial charge < -0.3 is 0 Å².